The molecule has 1 aromatic rings. The lowest BCUT2D eigenvalue weighted by Gasteiger charge is -2.29. The van der Waals surface area contributed by atoms with Crippen molar-refractivity contribution in [1.29, 1.82) is 0 Å². The highest BCUT2D eigenvalue weighted by Crippen LogP contribution is 2.23. The van der Waals surface area contributed by atoms with Crippen LogP contribution in [0.1, 0.15) is 51.0 Å². The molecule has 1 aliphatic carbocycles. The van der Waals surface area contributed by atoms with Crippen molar-refractivity contribution in [3.63, 3.8) is 0 Å². The van der Waals surface area contributed by atoms with E-state index in [1.807, 2.05) is 18.2 Å². The largest absolute Gasteiger partial charge is 0.348 e. The van der Waals surface area contributed by atoms with Gasteiger partial charge in [0.2, 0.25) is 0 Å². The van der Waals surface area contributed by atoms with Crippen molar-refractivity contribution in [3.8, 4) is 0 Å². The number of amides is 2. The number of rotatable bonds is 6. The number of carbonyl (C=O) groups is 2. The van der Waals surface area contributed by atoms with Gasteiger partial charge in [0.15, 0.2) is 0 Å². The van der Waals surface area contributed by atoms with Crippen LogP contribution in [0.2, 0.25) is 0 Å². The van der Waals surface area contributed by atoms with Crippen LogP contribution in [-0.4, -0.2) is 24.4 Å². The summed E-state index contributed by atoms with van der Waals surface area (Å²) in [4.78, 5) is 23.8. The molecule has 0 bridgehead atoms. The molecule has 0 saturated heterocycles. The lowest BCUT2D eigenvalue weighted by atomic mass is 9.86. The first-order valence-electron chi connectivity index (χ1n) is 8.79. The Morgan fingerprint density at radius 2 is 1.78 bits per heavy atom. The van der Waals surface area contributed by atoms with Crippen molar-refractivity contribution in [2.75, 3.05) is 6.54 Å². The molecule has 0 aromatic heterocycles. The van der Waals surface area contributed by atoms with E-state index >= 15 is 0 Å². The van der Waals surface area contributed by atoms with Gasteiger partial charge in [-0.15, -0.1) is 0 Å². The normalized spacial score (nSPS) is 20.7. The Kier molecular flexibility index (Phi) is 7.11. The maximum absolute atomic E-state index is 11.9. The molecule has 0 unspecified atom stereocenters. The summed E-state index contributed by atoms with van der Waals surface area (Å²) in [5, 5.41) is 5.61. The number of hydrogen-bond donors (Lipinski definition) is 2. The van der Waals surface area contributed by atoms with Gasteiger partial charge in [0.05, 0.1) is 0 Å². The summed E-state index contributed by atoms with van der Waals surface area (Å²) in [5.74, 6) is -0.513. The van der Waals surface area contributed by atoms with Gasteiger partial charge in [-0.25, -0.2) is 0 Å². The van der Waals surface area contributed by atoms with E-state index in [4.69, 9.17) is 0 Å². The third-order valence-electron chi connectivity index (χ3n) is 4.65. The Bertz CT molecular complexity index is 501. The molecule has 2 rings (SSSR count). The zero-order chi connectivity index (χ0) is 16.5. The topological polar surface area (TPSA) is 58.2 Å². The highest BCUT2D eigenvalue weighted by Gasteiger charge is 2.25. The Labute approximate surface area is 139 Å². The summed E-state index contributed by atoms with van der Waals surface area (Å²) in [6.45, 7) is 2.70. The predicted octanol–water partition coefficient (Wildman–Crippen LogP) is 2.82. The second-order valence-corrected chi connectivity index (χ2v) is 6.54. The molecular formula is C19H28N2O2. The number of hydrogen-bond acceptors (Lipinski definition) is 2. The molecule has 1 saturated carbocycles. The van der Waals surface area contributed by atoms with E-state index in [-0.39, 0.29) is 6.04 Å². The molecule has 4 heteroatoms. The van der Waals surface area contributed by atoms with E-state index in [9.17, 15) is 9.59 Å². The molecule has 126 valence electrons. The van der Waals surface area contributed by atoms with Gasteiger partial charge >= 0.3 is 11.8 Å². The number of aryl methyl sites for hydroxylation is 1. The maximum atomic E-state index is 11.9. The van der Waals surface area contributed by atoms with Crippen molar-refractivity contribution in [3.05, 3.63) is 35.9 Å². The van der Waals surface area contributed by atoms with E-state index < -0.39 is 11.8 Å². The molecule has 4 nitrogen and oxygen atoms in total. The van der Waals surface area contributed by atoms with Crippen LogP contribution in [0.25, 0.3) is 0 Å². The van der Waals surface area contributed by atoms with Crippen molar-refractivity contribution in [2.24, 2.45) is 5.92 Å². The Balaban J connectivity index is 1.59. The summed E-state index contributed by atoms with van der Waals surface area (Å²) >= 11 is 0. The fraction of sp³-hybridized carbons (Fsp3) is 0.579. The summed E-state index contributed by atoms with van der Waals surface area (Å²) < 4.78 is 0. The van der Waals surface area contributed by atoms with Gasteiger partial charge in [0.1, 0.15) is 0 Å². The fourth-order valence-electron chi connectivity index (χ4n) is 3.15. The van der Waals surface area contributed by atoms with Crippen molar-refractivity contribution in [2.45, 2.75) is 57.9 Å². The van der Waals surface area contributed by atoms with Crippen LogP contribution in [0.5, 0.6) is 0 Å². The second kappa shape index (κ2) is 9.33. The van der Waals surface area contributed by atoms with E-state index in [1.54, 1.807) is 0 Å². The highest BCUT2D eigenvalue weighted by atomic mass is 16.2. The van der Waals surface area contributed by atoms with Crippen LogP contribution in [0, 0.1) is 5.92 Å². The second-order valence-electron chi connectivity index (χ2n) is 6.54. The quantitative estimate of drug-likeness (QED) is 0.626. The molecular weight excluding hydrogens is 288 g/mol. The summed E-state index contributed by atoms with van der Waals surface area (Å²) in [5.41, 5.74) is 1.31. The maximum Gasteiger partial charge on any atom is 0.309 e. The van der Waals surface area contributed by atoms with Crippen LogP contribution >= 0.6 is 0 Å². The summed E-state index contributed by atoms with van der Waals surface area (Å²) in [6.07, 6.45) is 7.36. The third-order valence-corrected chi connectivity index (χ3v) is 4.65. The van der Waals surface area contributed by atoms with Crippen LogP contribution in [0.15, 0.2) is 30.3 Å². The zero-order valence-electron chi connectivity index (χ0n) is 14.0. The van der Waals surface area contributed by atoms with Gasteiger partial charge < -0.3 is 10.6 Å². The first-order chi connectivity index (χ1) is 11.2. The zero-order valence-corrected chi connectivity index (χ0v) is 14.0. The van der Waals surface area contributed by atoms with Crippen molar-refractivity contribution < 1.29 is 9.59 Å². The molecule has 0 radical (unpaired) electrons. The third kappa shape index (κ3) is 6.05. The molecule has 0 spiro atoms. The lowest BCUT2D eigenvalue weighted by molar-refractivity contribution is -0.140. The minimum atomic E-state index is -0.498. The summed E-state index contributed by atoms with van der Waals surface area (Å²) in [6, 6.07) is 10.5. The van der Waals surface area contributed by atoms with Gasteiger partial charge in [-0.05, 0) is 43.6 Å². The average molecular weight is 316 g/mol. The molecule has 1 aromatic carbocycles. The first kappa shape index (κ1) is 17.5. The molecule has 1 fully saturated rings. The van der Waals surface area contributed by atoms with Crippen LogP contribution in [-0.2, 0) is 16.0 Å². The molecule has 2 atom stereocenters. The monoisotopic (exact) mass is 316 g/mol. The number of carbonyl (C=O) groups excluding carboxylic acids is 2. The van der Waals surface area contributed by atoms with Crippen LogP contribution in [0.4, 0.5) is 0 Å². The molecule has 2 N–H and O–H groups in total. The number of unbranched alkanes of at least 4 members (excludes halogenated alkanes) is 1. The molecule has 0 aliphatic heterocycles. The van der Waals surface area contributed by atoms with Crippen molar-refractivity contribution >= 4 is 11.8 Å². The molecule has 0 heterocycles. The van der Waals surface area contributed by atoms with Gasteiger partial charge in [0.25, 0.3) is 0 Å². The average Bonchev–Trinajstić information content (AvgIpc) is 2.57. The van der Waals surface area contributed by atoms with Gasteiger partial charge in [-0.1, -0.05) is 50.1 Å². The highest BCUT2D eigenvalue weighted by molar-refractivity contribution is 6.35. The summed E-state index contributed by atoms with van der Waals surface area (Å²) in [7, 11) is 0. The number of nitrogens with one attached hydrogen (secondary N) is 2. The Morgan fingerprint density at radius 3 is 2.52 bits per heavy atom. The van der Waals surface area contributed by atoms with Gasteiger partial charge in [0, 0.05) is 12.6 Å². The van der Waals surface area contributed by atoms with Gasteiger partial charge in [-0.2, -0.15) is 0 Å². The van der Waals surface area contributed by atoms with E-state index in [0.29, 0.717) is 12.5 Å². The smallest absolute Gasteiger partial charge is 0.309 e. The fourth-order valence-corrected chi connectivity index (χ4v) is 3.15. The molecule has 1 aliphatic rings. The molecule has 2 amide bonds. The Hall–Kier alpha value is -1.84. The van der Waals surface area contributed by atoms with Crippen molar-refractivity contribution in [1.82, 2.24) is 10.6 Å². The Morgan fingerprint density at radius 1 is 1.04 bits per heavy atom. The first-order valence-corrected chi connectivity index (χ1v) is 8.79. The SMILES string of the molecule is C[C@H]1CCCC[C@@H]1NC(=O)C(=O)NCCCCc1ccccc1. The van der Waals surface area contributed by atoms with E-state index in [0.717, 1.165) is 38.5 Å². The lowest BCUT2D eigenvalue weighted by Crippen LogP contribution is -2.47. The van der Waals surface area contributed by atoms with Crippen LogP contribution < -0.4 is 10.6 Å². The standard InChI is InChI=1S/C19H28N2O2/c1-15-9-5-6-13-17(15)21-19(23)18(22)20-14-8-7-12-16-10-3-2-4-11-16/h2-4,10-11,15,17H,5-9,12-14H2,1H3,(H,20,22)(H,21,23)/t15-,17-/m0/s1. The minimum Gasteiger partial charge on any atom is -0.348 e. The predicted molar refractivity (Wildman–Crippen MR) is 92.0 cm³/mol. The molecule has 23 heavy (non-hydrogen) atoms. The number of benzene rings is 1. The van der Waals surface area contributed by atoms with Gasteiger partial charge in [-0.3, -0.25) is 9.59 Å². The minimum absolute atomic E-state index is 0.153. The van der Waals surface area contributed by atoms with E-state index in [2.05, 4.69) is 29.7 Å². The van der Waals surface area contributed by atoms with Crippen LogP contribution in [0.3, 0.4) is 0 Å². The van der Waals surface area contributed by atoms with E-state index in [1.165, 1.54) is 12.0 Å².